The molecule has 6 nitrogen and oxygen atoms in total. The maximum atomic E-state index is 10.3. The van der Waals surface area contributed by atoms with Crippen molar-refractivity contribution in [1.82, 2.24) is 9.97 Å². The van der Waals surface area contributed by atoms with Crippen LogP contribution in [-0.2, 0) is 0 Å². The number of nitro groups is 1. The Balaban J connectivity index is 2.88. The standard InChI is InChI=1S/C8H11N3O3/c1-5(6(2)12)8-9-3-7(4-10-8)11(13)14/h3-6,12H,1-2H3. The summed E-state index contributed by atoms with van der Waals surface area (Å²) in [4.78, 5) is 17.4. The lowest BCUT2D eigenvalue weighted by molar-refractivity contribution is -0.385. The predicted octanol–water partition coefficient (Wildman–Crippen LogP) is 0.869. The molecule has 0 fully saturated rings. The molecule has 2 unspecified atom stereocenters. The number of aliphatic hydroxyl groups excluding tert-OH is 1. The molecule has 6 heteroatoms. The van der Waals surface area contributed by atoms with Crippen LogP contribution in [0.25, 0.3) is 0 Å². The molecule has 0 aliphatic rings. The third kappa shape index (κ3) is 2.23. The van der Waals surface area contributed by atoms with Crippen LogP contribution in [0.2, 0.25) is 0 Å². The summed E-state index contributed by atoms with van der Waals surface area (Å²) in [6, 6.07) is 0. The molecule has 1 heterocycles. The van der Waals surface area contributed by atoms with Gasteiger partial charge in [-0.05, 0) is 6.92 Å². The topological polar surface area (TPSA) is 89.2 Å². The van der Waals surface area contributed by atoms with E-state index in [9.17, 15) is 15.2 Å². The molecular weight excluding hydrogens is 186 g/mol. The highest BCUT2D eigenvalue weighted by atomic mass is 16.6. The molecule has 0 spiro atoms. The van der Waals surface area contributed by atoms with E-state index in [2.05, 4.69) is 9.97 Å². The Hall–Kier alpha value is -1.56. The lowest BCUT2D eigenvalue weighted by Gasteiger charge is -2.11. The summed E-state index contributed by atoms with van der Waals surface area (Å²) >= 11 is 0. The Morgan fingerprint density at radius 1 is 1.43 bits per heavy atom. The van der Waals surface area contributed by atoms with Gasteiger partial charge in [0.2, 0.25) is 0 Å². The second-order valence-electron chi connectivity index (χ2n) is 3.09. The Labute approximate surface area is 80.8 Å². The lowest BCUT2D eigenvalue weighted by atomic mass is 10.1. The van der Waals surface area contributed by atoms with E-state index in [0.29, 0.717) is 5.82 Å². The first kappa shape index (κ1) is 10.5. The maximum absolute atomic E-state index is 10.3. The minimum absolute atomic E-state index is 0.147. The first-order chi connectivity index (χ1) is 6.52. The van der Waals surface area contributed by atoms with Gasteiger partial charge in [-0.3, -0.25) is 10.1 Å². The zero-order valence-electron chi connectivity index (χ0n) is 7.91. The first-order valence-electron chi connectivity index (χ1n) is 4.16. The third-order valence-electron chi connectivity index (χ3n) is 2.00. The summed E-state index contributed by atoms with van der Waals surface area (Å²) in [6.45, 7) is 3.38. The highest BCUT2D eigenvalue weighted by Crippen LogP contribution is 2.16. The second kappa shape index (κ2) is 4.10. The zero-order valence-corrected chi connectivity index (χ0v) is 7.91. The van der Waals surface area contributed by atoms with Gasteiger partial charge >= 0.3 is 5.69 Å². The van der Waals surface area contributed by atoms with Crippen molar-refractivity contribution in [3.05, 3.63) is 28.3 Å². The number of aromatic nitrogens is 2. The number of hydrogen-bond acceptors (Lipinski definition) is 5. The molecule has 0 radical (unpaired) electrons. The number of nitrogens with zero attached hydrogens (tertiary/aromatic N) is 3. The van der Waals surface area contributed by atoms with Crippen LogP contribution in [0.15, 0.2) is 12.4 Å². The molecule has 1 N–H and O–H groups in total. The van der Waals surface area contributed by atoms with Crippen molar-refractivity contribution in [1.29, 1.82) is 0 Å². The Bertz CT molecular complexity index is 323. The van der Waals surface area contributed by atoms with E-state index < -0.39 is 11.0 Å². The van der Waals surface area contributed by atoms with Crippen molar-refractivity contribution in [3.63, 3.8) is 0 Å². The van der Waals surface area contributed by atoms with Crippen LogP contribution in [0.3, 0.4) is 0 Å². The van der Waals surface area contributed by atoms with E-state index in [-0.39, 0.29) is 11.6 Å². The van der Waals surface area contributed by atoms with Gasteiger partial charge in [0.25, 0.3) is 0 Å². The quantitative estimate of drug-likeness (QED) is 0.573. The Morgan fingerprint density at radius 2 is 1.93 bits per heavy atom. The van der Waals surface area contributed by atoms with Crippen LogP contribution in [0.5, 0.6) is 0 Å². The SMILES string of the molecule is CC(O)C(C)c1ncc([N+](=O)[O-])cn1. The van der Waals surface area contributed by atoms with Crippen LogP contribution in [0.1, 0.15) is 25.6 Å². The first-order valence-corrected chi connectivity index (χ1v) is 4.16. The maximum Gasteiger partial charge on any atom is 0.305 e. The van der Waals surface area contributed by atoms with Crippen molar-refractivity contribution in [2.75, 3.05) is 0 Å². The fourth-order valence-corrected chi connectivity index (χ4v) is 0.876. The summed E-state index contributed by atoms with van der Waals surface area (Å²) in [5.41, 5.74) is -0.147. The lowest BCUT2D eigenvalue weighted by Crippen LogP contribution is -2.14. The largest absolute Gasteiger partial charge is 0.393 e. The molecule has 0 aromatic carbocycles. The molecule has 0 aliphatic heterocycles. The smallest absolute Gasteiger partial charge is 0.305 e. The van der Waals surface area contributed by atoms with E-state index in [0.717, 1.165) is 12.4 Å². The summed E-state index contributed by atoms with van der Waals surface area (Å²) in [5, 5.41) is 19.5. The zero-order chi connectivity index (χ0) is 10.7. The summed E-state index contributed by atoms with van der Waals surface area (Å²) in [5.74, 6) is 0.182. The van der Waals surface area contributed by atoms with Gasteiger partial charge in [-0.25, -0.2) is 9.97 Å². The second-order valence-corrected chi connectivity index (χ2v) is 3.09. The fraction of sp³-hybridized carbons (Fsp3) is 0.500. The molecule has 0 bridgehead atoms. The highest BCUT2D eigenvalue weighted by Gasteiger charge is 2.15. The monoisotopic (exact) mass is 197 g/mol. The predicted molar refractivity (Wildman–Crippen MR) is 48.8 cm³/mol. The summed E-state index contributed by atoms with van der Waals surface area (Å²) < 4.78 is 0. The van der Waals surface area contributed by atoms with Gasteiger partial charge < -0.3 is 5.11 Å². The highest BCUT2D eigenvalue weighted by molar-refractivity contribution is 5.21. The van der Waals surface area contributed by atoms with Gasteiger partial charge in [-0.1, -0.05) is 6.92 Å². The van der Waals surface area contributed by atoms with Gasteiger partial charge in [0.05, 0.1) is 11.0 Å². The van der Waals surface area contributed by atoms with Crippen LogP contribution >= 0.6 is 0 Å². The van der Waals surface area contributed by atoms with Gasteiger partial charge in [-0.2, -0.15) is 0 Å². The van der Waals surface area contributed by atoms with Gasteiger partial charge in [0, 0.05) is 5.92 Å². The fourth-order valence-electron chi connectivity index (χ4n) is 0.876. The molecule has 1 aromatic heterocycles. The van der Waals surface area contributed by atoms with Crippen molar-refractivity contribution < 1.29 is 10.0 Å². The van der Waals surface area contributed by atoms with E-state index in [4.69, 9.17) is 0 Å². The van der Waals surface area contributed by atoms with Crippen molar-refractivity contribution in [2.24, 2.45) is 0 Å². The van der Waals surface area contributed by atoms with Crippen LogP contribution in [0.4, 0.5) is 5.69 Å². The van der Waals surface area contributed by atoms with E-state index >= 15 is 0 Å². The van der Waals surface area contributed by atoms with Crippen LogP contribution in [0, 0.1) is 10.1 Å². The molecule has 2 atom stereocenters. The van der Waals surface area contributed by atoms with Crippen molar-refractivity contribution >= 4 is 5.69 Å². The summed E-state index contributed by atoms with van der Waals surface area (Å²) in [7, 11) is 0. The van der Waals surface area contributed by atoms with Crippen molar-refractivity contribution in [2.45, 2.75) is 25.9 Å². The van der Waals surface area contributed by atoms with E-state index in [1.54, 1.807) is 13.8 Å². The minimum atomic E-state index is -0.573. The molecule has 1 aromatic rings. The molecule has 1 rings (SSSR count). The molecule has 0 amide bonds. The number of hydrogen-bond donors (Lipinski definition) is 1. The molecule has 0 saturated heterocycles. The summed E-state index contributed by atoms with van der Waals surface area (Å²) in [6.07, 6.45) is 1.71. The number of aliphatic hydroxyl groups is 1. The van der Waals surface area contributed by atoms with E-state index in [1.807, 2.05) is 0 Å². The van der Waals surface area contributed by atoms with E-state index in [1.165, 1.54) is 0 Å². The number of rotatable bonds is 3. The molecule has 14 heavy (non-hydrogen) atoms. The normalized spacial score (nSPS) is 14.8. The van der Waals surface area contributed by atoms with Crippen LogP contribution < -0.4 is 0 Å². The Kier molecular flexibility index (Phi) is 3.08. The third-order valence-corrected chi connectivity index (χ3v) is 2.00. The van der Waals surface area contributed by atoms with Gasteiger partial charge in [0.1, 0.15) is 18.2 Å². The average molecular weight is 197 g/mol. The van der Waals surface area contributed by atoms with Gasteiger partial charge in [0.15, 0.2) is 0 Å². The Morgan fingerprint density at radius 3 is 2.29 bits per heavy atom. The van der Waals surface area contributed by atoms with Crippen LogP contribution in [-0.4, -0.2) is 26.1 Å². The average Bonchev–Trinajstić information content (AvgIpc) is 2.16. The molecule has 76 valence electrons. The minimum Gasteiger partial charge on any atom is -0.393 e. The molecule has 0 aliphatic carbocycles. The molecule has 0 saturated carbocycles. The molecular formula is C8H11N3O3. The van der Waals surface area contributed by atoms with Gasteiger partial charge in [-0.15, -0.1) is 0 Å². The van der Waals surface area contributed by atoms with Crippen molar-refractivity contribution in [3.8, 4) is 0 Å².